The second-order valence-corrected chi connectivity index (χ2v) is 3.14. The maximum atomic E-state index is 4.13. The molecule has 0 amide bonds. The number of hydrogen-bond acceptors (Lipinski definition) is 5. The van der Waals surface area contributed by atoms with Gasteiger partial charge in [-0.1, -0.05) is 12.1 Å². The summed E-state index contributed by atoms with van der Waals surface area (Å²) >= 11 is 0. The summed E-state index contributed by atoms with van der Waals surface area (Å²) in [4.78, 5) is 4.13. The molecule has 1 unspecified atom stereocenters. The summed E-state index contributed by atoms with van der Waals surface area (Å²) in [6.07, 6.45) is 3.21. The number of aromatic nitrogens is 6. The van der Waals surface area contributed by atoms with Crippen molar-refractivity contribution in [2.24, 2.45) is 7.05 Å². The van der Waals surface area contributed by atoms with Crippen LogP contribution in [0, 0.1) is 0 Å². The fourth-order valence-electron chi connectivity index (χ4n) is 1.46. The van der Waals surface area contributed by atoms with Gasteiger partial charge in [0.05, 0.1) is 11.9 Å². The molecule has 2 aromatic rings. The zero-order chi connectivity index (χ0) is 10.7. The van der Waals surface area contributed by atoms with Crippen LogP contribution in [0.4, 0.5) is 0 Å². The van der Waals surface area contributed by atoms with Gasteiger partial charge in [0, 0.05) is 7.05 Å². The van der Waals surface area contributed by atoms with Gasteiger partial charge in [0.1, 0.15) is 18.2 Å². The highest BCUT2D eigenvalue weighted by Gasteiger charge is 2.19. The second-order valence-electron chi connectivity index (χ2n) is 3.14. The van der Waals surface area contributed by atoms with Crippen LogP contribution in [-0.4, -0.2) is 36.7 Å². The Labute approximate surface area is 86.9 Å². The van der Waals surface area contributed by atoms with Gasteiger partial charge in [0.15, 0.2) is 0 Å². The van der Waals surface area contributed by atoms with Crippen LogP contribution in [0.3, 0.4) is 0 Å². The summed E-state index contributed by atoms with van der Waals surface area (Å²) < 4.78 is 1.72. The van der Waals surface area contributed by atoms with Gasteiger partial charge in [0.2, 0.25) is 0 Å². The summed E-state index contributed by atoms with van der Waals surface area (Å²) in [5.74, 6) is 0.766. The first-order chi connectivity index (χ1) is 7.33. The van der Waals surface area contributed by atoms with Crippen LogP contribution >= 0.6 is 0 Å². The summed E-state index contributed by atoms with van der Waals surface area (Å²) in [5.41, 5.74) is 0.952. The van der Waals surface area contributed by atoms with Crippen molar-refractivity contribution >= 4 is 0 Å². The van der Waals surface area contributed by atoms with Gasteiger partial charge in [-0.15, -0.1) is 5.10 Å². The third kappa shape index (κ3) is 1.86. The molecule has 0 aliphatic heterocycles. The molecule has 2 heterocycles. The predicted molar refractivity (Wildman–Crippen MR) is 52.9 cm³/mol. The zero-order valence-corrected chi connectivity index (χ0v) is 8.68. The molecule has 0 fully saturated rings. The molecule has 2 N–H and O–H groups in total. The predicted octanol–water partition coefficient (Wildman–Crippen LogP) is -0.368. The maximum Gasteiger partial charge on any atom is 0.147 e. The van der Waals surface area contributed by atoms with Crippen LogP contribution in [0.2, 0.25) is 0 Å². The quantitative estimate of drug-likeness (QED) is 0.714. The van der Waals surface area contributed by atoms with E-state index in [9.17, 15) is 0 Å². The Morgan fingerprint density at radius 3 is 3.00 bits per heavy atom. The van der Waals surface area contributed by atoms with Gasteiger partial charge >= 0.3 is 0 Å². The number of rotatable bonds is 4. The lowest BCUT2D eigenvalue weighted by molar-refractivity contribution is 0.547. The Morgan fingerprint density at radius 1 is 1.60 bits per heavy atom. The van der Waals surface area contributed by atoms with Crippen LogP contribution in [-0.2, 0) is 7.05 Å². The highest BCUT2D eigenvalue weighted by atomic mass is 15.4. The Morgan fingerprint density at radius 2 is 2.47 bits per heavy atom. The SMILES string of the molecule is CCNC(c1ncn[nH]1)c1cnnn1C. The molecular weight excluding hydrogens is 194 g/mol. The van der Waals surface area contributed by atoms with Crippen molar-refractivity contribution in [3.05, 3.63) is 24.0 Å². The lowest BCUT2D eigenvalue weighted by Crippen LogP contribution is -2.25. The third-order valence-electron chi connectivity index (χ3n) is 2.16. The topological polar surface area (TPSA) is 84.3 Å². The standard InChI is InChI=1S/C8H13N7/c1-3-9-7(8-10-5-12-13-8)6-4-11-14-15(6)2/h4-5,7,9H,3H2,1-2H3,(H,10,12,13). The molecule has 0 radical (unpaired) electrons. The fraction of sp³-hybridized carbons (Fsp3) is 0.500. The van der Waals surface area contributed by atoms with Gasteiger partial charge < -0.3 is 5.32 Å². The molecule has 80 valence electrons. The number of aryl methyl sites for hydroxylation is 1. The summed E-state index contributed by atoms with van der Waals surface area (Å²) in [6, 6.07) is -0.0440. The molecule has 0 saturated carbocycles. The van der Waals surface area contributed by atoms with Gasteiger partial charge in [-0.25, -0.2) is 4.98 Å². The van der Waals surface area contributed by atoms with Crippen LogP contribution in [0.15, 0.2) is 12.5 Å². The average molecular weight is 207 g/mol. The van der Waals surface area contributed by atoms with Crippen molar-refractivity contribution in [3.8, 4) is 0 Å². The molecule has 15 heavy (non-hydrogen) atoms. The Kier molecular flexibility index (Phi) is 2.72. The number of hydrogen-bond donors (Lipinski definition) is 2. The van der Waals surface area contributed by atoms with E-state index < -0.39 is 0 Å². The highest BCUT2D eigenvalue weighted by molar-refractivity contribution is 5.12. The van der Waals surface area contributed by atoms with Crippen molar-refractivity contribution in [2.45, 2.75) is 13.0 Å². The largest absolute Gasteiger partial charge is 0.303 e. The second kappa shape index (κ2) is 4.18. The number of nitrogens with one attached hydrogen (secondary N) is 2. The first-order valence-electron chi connectivity index (χ1n) is 4.76. The minimum Gasteiger partial charge on any atom is -0.303 e. The van der Waals surface area contributed by atoms with E-state index >= 15 is 0 Å². The smallest absolute Gasteiger partial charge is 0.147 e. The molecule has 0 aromatic carbocycles. The lowest BCUT2D eigenvalue weighted by atomic mass is 10.2. The molecule has 1 atom stereocenters. The van der Waals surface area contributed by atoms with E-state index in [1.54, 1.807) is 10.9 Å². The van der Waals surface area contributed by atoms with Gasteiger partial charge in [0.25, 0.3) is 0 Å². The minimum absolute atomic E-state index is 0.0440. The number of aromatic amines is 1. The Bertz CT molecular complexity index is 404. The maximum absolute atomic E-state index is 4.13. The molecule has 2 rings (SSSR count). The third-order valence-corrected chi connectivity index (χ3v) is 2.16. The van der Waals surface area contributed by atoms with E-state index in [0.717, 1.165) is 18.1 Å². The Hall–Kier alpha value is -1.76. The van der Waals surface area contributed by atoms with Crippen molar-refractivity contribution in [1.29, 1.82) is 0 Å². The Balaban J connectivity index is 2.32. The van der Waals surface area contributed by atoms with Crippen molar-refractivity contribution < 1.29 is 0 Å². The molecule has 0 aliphatic carbocycles. The number of H-pyrrole nitrogens is 1. The van der Waals surface area contributed by atoms with E-state index in [1.807, 2.05) is 14.0 Å². The number of nitrogens with zero attached hydrogens (tertiary/aromatic N) is 5. The average Bonchev–Trinajstić information content (AvgIpc) is 2.85. The molecule has 2 aromatic heterocycles. The molecule has 0 spiro atoms. The summed E-state index contributed by atoms with van der Waals surface area (Å²) in [5, 5.41) is 17.7. The molecule has 0 aliphatic rings. The highest BCUT2D eigenvalue weighted by Crippen LogP contribution is 2.15. The lowest BCUT2D eigenvalue weighted by Gasteiger charge is -2.14. The molecule has 0 saturated heterocycles. The van der Waals surface area contributed by atoms with E-state index in [-0.39, 0.29) is 6.04 Å². The van der Waals surface area contributed by atoms with Gasteiger partial charge in [-0.2, -0.15) is 5.10 Å². The zero-order valence-electron chi connectivity index (χ0n) is 8.68. The van der Waals surface area contributed by atoms with Crippen LogP contribution in [0.25, 0.3) is 0 Å². The van der Waals surface area contributed by atoms with Crippen LogP contribution in [0.5, 0.6) is 0 Å². The summed E-state index contributed by atoms with van der Waals surface area (Å²) in [6.45, 7) is 2.86. The fourth-order valence-corrected chi connectivity index (χ4v) is 1.46. The minimum atomic E-state index is -0.0440. The van der Waals surface area contributed by atoms with Crippen LogP contribution < -0.4 is 5.32 Å². The van der Waals surface area contributed by atoms with E-state index in [2.05, 4.69) is 30.8 Å². The van der Waals surface area contributed by atoms with Crippen molar-refractivity contribution in [1.82, 2.24) is 35.5 Å². The molecule has 7 heteroatoms. The molecular formula is C8H13N7. The monoisotopic (exact) mass is 207 g/mol. The van der Waals surface area contributed by atoms with Crippen molar-refractivity contribution in [2.75, 3.05) is 6.54 Å². The van der Waals surface area contributed by atoms with Crippen LogP contribution in [0.1, 0.15) is 24.5 Å². The first kappa shape index (κ1) is 9.78. The van der Waals surface area contributed by atoms with E-state index in [4.69, 9.17) is 0 Å². The van der Waals surface area contributed by atoms with Crippen molar-refractivity contribution in [3.63, 3.8) is 0 Å². The normalized spacial score (nSPS) is 12.9. The van der Waals surface area contributed by atoms with Gasteiger partial charge in [-0.3, -0.25) is 9.78 Å². The first-order valence-corrected chi connectivity index (χ1v) is 4.76. The summed E-state index contributed by atoms with van der Waals surface area (Å²) in [7, 11) is 1.85. The van der Waals surface area contributed by atoms with E-state index in [1.165, 1.54) is 6.33 Å². The van der Waals surface area contributed by atoms with Gasteiger partial charge in [-0.05, 0) is 6.54 Å². The van der Waals surface area contributed by atoms with E-state index in [0.29, 0.717) is 0 Å². The molecule has 0 bridgehead atoms. The molecule has 7 nitrogen and oxygen atoms in total.